The molecule has 2 N–H and O–H groups in total. The topological polar surface area (TPSA) is 72.5 Å². The molecule has 0 saturated heterocycles. The Labute approximate surface area is 164 Å². The van der Waals surface area contributed by atoms with Gasteiger partial charge >= 0.3 is 0 Å². The van der Waals surface area contributed by atoms with E-state index in [4.69, 9.17) is 9.47 Å². The van der Waals surface area contributed by atoms with E-state index in [-0.39, 0.29) is 5.91 Å². The smallest absolute Gasteiger partial charge is 0.270 e. The first kappa shape index (κ1) is 19.2. The van der Waals surface area contributed by atoms with Gasteiger partial charge in [0.25, 0.3) is 5.91 Å². The number of anilines is 2. The highest BCUT2D eigenvalue weighted by Crippen LogP contribution is 2.27. The number of methoxy groups -OCH3 is 1. The van der Waals surface area contributed by atoms with Gasteiger partial charge in [0.05, 0.1) is 19.4 Å². The molecule has 0 bridgehead atoms. The maximum Gasteiger partial charge on any atom is 0.270 e. The second kappa shape index (κ2) is 9.41. The number of hydrogen-bond acceptors (Lipinski definition) is 5. The molecule has 0 spiro atoms. The monoisotopic (exact) mass is 377 g/mol. The van der Waals surface area contributed by atoms with Crippen molar-refractivity contribution in [3.63, 3.8) is 0 Å². The third kappa shape index (κ3) is 4.79. The van der Waals surface area contributed by atoms with E-state index in [9.17, 15) is 4.79 Å². The van der Waals surface area contributed by atoms with Gasteiger partial charge in [-0.05, 0) is 37.3 Å². The Morgan fingerprint density at radius 2 is 1.79 bits per heavy atom. The quantitative estimate of drug-likeness (QED) is 0.617. The number of para-hydroxylation sites is 3. The minimum absolute atomic E-state index is 0.257. The van der Waals surface area contributed by atoms with Gasteiger partial charge in [0.1, 0.15) is 17.2 Å². The summed E-state index contributed by atoms with van der Waals surface area (Å²) in [5.41, 5.74) is 2.81. The lowest BCUT2D eigenvalue weighted by molar-refractivity contribution is 0.0945. The summed E-state index contributed by atoms with van der Waals surface area (Å²) in [6, 6.07) is 18.7. The van der Waals surface area contributed by atoms with Crippen LogP contribution in [0.1, 0.15) is 23.0 Å². The van der Waals surface area contributed by atoms with Crippen molar-refractivity contribution in [3.8, 4) is 11.5 Å². The third-order valence-electron chi connectivity index (χ3n) is 4.09. The number of hydrogen-bond donors (Lipinski definition) is 2. The van der Waals surface area contributed by atoms with Gasteiger partial charge in [-0.1, -0.05) is 30.3 Å². The van der Waals surface area contributed by atoms with Gasteiger partial charge in [-0.3, -0.25) is 9.78 Å². The summed E-state index contributed by atoms with van der Waals surface area (Å²) in [6.07, 6.45) is 1.60. The Kier molecular flexibility index (Phi) is 6.46. The minimum atomic E-state index is -0.257. The van der Waals surface area contributed by atoms with Crippen molar-refractivity contribution in [1.82, 2.24) is 10.3 Å². The van der Waals surface area contributed by atoms with Crippen molar-refractivity contribution in [1.29, 1.82) is 0 Å². The van der Waals surface area contributed by atoms with Crippen LogP contribution in [0.3, 0.4) is 0 Å². The van der Waals surface area contributed by atoms with Crippen LogP contribution in [0.2, 0.25) is 0 Å². The first-order chi connectivity index (χ1) is 13.7. The number of amides is 1. The Hall–Kier alpha value is -3.54. The average Bonchev–Trinajstić information content (AvgIpc) is 2.74. The maximum absolute atomic E-state index is 12.5. The van der Waals surface area contributed by atoms with Crippen molar-refractivity contribution in [2.45, 2.75) is 13.5 Å². The van der Waals surface area contributed by atoms with Crippen LogP contribution in [0.15, 0.2) is 66.9 Å². The standard InChI is InChI=1S/C22H23N3O3/c1-3-28-21-11-7-5-9-18(21)25-17-12-13-23-19(14-17)22(26)24-15-16-8-4-6-10-20(16)27-2/h4-14H,3,15H2,1-2H3,(H,23,25)(H,24,26). The van der Waals surface area contributed by atoms with E-state index in [1.165, 1.54) is 0 Å². The number of pyridine rings is 1. The van der Waals surface area contributed by atoms with Gasteiger partial charge < -0.3 is 20.1 Å². The van der Waals surface area contributed by atoms with Crippen LogP contribution in [-0.2, 0) is 6.54 Å². The number of ether oxygens (including phenoxy) is 2. The van der Waals surface area contributed by atoms with Crippen LogP contribution in [0, 0.1) is 0 Å². The summed E-state index contributed by atoms with van der Waals surface area (Å²) in [6.45, 7) is 2.87. The molecule has 0 aliphatic carbocycles. The molecule has 1 amide bonds. The molecule has 0 radical (unpaired) electrons. The Balaban J connectivity index is 1.70. The molecule has 3 aromatic rings. The lowest BCUT2D eigenvalue weighted by Crippen LogP contribution is -2.24. The van der Waals surface area contributed by atoms with Crippen LogP contribution in [0.5, 0.6) is 11.5 Å². The summed E-state index contributed by atoms with van der Waals surface area (Å²) in [5, 5.41) is 6.16. The number of benzene rings is 2. The fraction of sp³-hybridized carbons (Fsp3) is 0.182. The summed E-state index contributed by atoms with van der Waals surface area (Å²) in [4.78, 5) is 16.7. The van der Waals surface area contributed by atoms with Crippen LogP contribution in [0.25, 0.3) is 0 Å². The first-order valence-corrected chi connectivity index (χ1v) is 9.06. The molecule has 3 rings (SSSR count). The van der Waals surface area contributed by atoms with E-state index in [0.29, 0.717) is 18.8 Å². The highest BCUT2D eigenvalue weighted by molar-refractivity contribution is 5.93. The number of aromatic nitrogens is 1. The largest absolute Gasteiger partial charge is 0.496 e. The molecule has 6 heteroatoms. The summed E-state index contributed by atoms with van der Waals surface area (Å²) in [7, 11) is 1.61. The Bertz CT molecular complexity index is 944. The molecule has 0 unspecified atom stereocenters. The van der Waals surface area contributed by atoms with E-state index < -0.39 is 0 Å². The molecular formula is C22H23N3O3. The van der Waals surface area contributed by atoms with Crippen molar-refractivity contribution >= 4 is 17.3 Å². The number of nitrogens with zero attached hydrogens (tertiary/aromatic N) is 1. The second-order valence-corrected chi connectivity index (χ2v) is 5.98. The lowest BCUT2D eigenvalue weighted by atomic mass is 10.2. The highest BCUT2D eigenvalue weighted by Gasteiger charge is 2.10. The summed E-state index contributed by atoms with van der Waals surface area (Å²) in [5.74, 6) is 1.23. The van der Waals surface area contributed by atoms with Gasteiger partial charge in [-0.15, -0.1) is 0 Å². The van der Waals surface area contributed by atoms with E-state index in [0.717, 1.165) is 28.4 Å². The van der Waals surface area contributed by atoms with E-state index >= 15 is 0 Å². The fourth-order valence-electron chi connectivity index (χ4n) is 2.75. The van der Waals surface area contributed by atoms with Crippen molar-refractivity contribution in [2.75, 3.05) is 19.0 Å². The predicted molar refractivity (Wildman–Crippen MR) is 109 cm³/mol. The van der Waals surface area contributed by atoms with Crippen LogP contribution in [-0.4, -0.2) is 24.6 Å². The van der Waals surface area contributed by atoms with Gasteiger partial charge in [-0.25, -0.2) is 0 Å². The van der Waals surface area contributed by atoms with Gasteiger partial charge in [0, 0.05) is 24.0 Å². The van der Waals surface area contributed by atoms with E-state index in [2.05, 4.69) is 15.6 Å². The molecule has 1 heterocycles. The Morgan fingerprint density at radius 1 is 1.04 bits per heavy atom. The number of rotatable bonds is 8. The van der Waals surface area contributed by atoms with Gasteiger partial charge in [-0.2, -0.15) is 0 Å². The Morgan fingerprint density at radius 3 is 2.57 bits per heavy atom. The number of nitrogens with one attached hydrogen (secondary N) is 2. The van der Waals surface area contributed by atoms with E-state index in [1.807, 2.05) is 55.5 Å². The lowest BCUT2D eigenvalue weighted by Gasteiger charge is -2.13. The molecule has 0 saturated carbocycles. The van der Waals surface area contributed by atoms with Crippen molar-refractivity contribution in [3.05, 3.63) is 78.1 Å². The molecule has 28 heavy (non-hydrogen) atoms. The third-order valence-corrected chi connectivity index (χ3v) is 4.09. The van der Waals surface area contributed by atoms with E-state index in [1.54, 1.807) is 25.4 Å². The normalized spacial score (nSPS) is 10.2. The highest BCUT2D eigenvalue weighted by atomic mass is 16.5. The minimum Gasteiger partial charge on any atom is -0.496 e. The maximum atomic E-state index is 12.5. The van der Waals surface area contributed by atoms with Crippen LogP contribution < -0.4 is 20.1 Å². The first-order valence-electron chi connectivity index (χ1n) is 9.06. The average molecular weight is 377 g/mol. The molecule has 0 fully saturated rings. The zero-order chi connectivity index (χ0) is 19.8. The summed E-state index contributed by atoms with van der Waals surface area (Å²) < 4.78 is 10.9. The molecule has 0 aliphatic heterocycles. The second-order valence-electron chi connectivity index (χ2n) is 5.98. The molecule has 144 valence electrons. The van der Waals surface area contributed by atoms with Crippen LogP contribution >= 0.6 is 0 Å². The zero-order valence-corrected chi connectivity index (χ0v) is 15.9. The van der Waals surface area contributed by atoms with Gasteiger partial charge in [0.15, 0.2) is 0 Å². The molecule has 1 aromatic heterocycles. The molecule has 0 aliphatic rings. The predicted octanol–water partition coefficient (Wildman–Crippen LogP) is 4.16. The number of carbonyl (C=O) groups excluding carboxylic acids is 1. The van der Waals surface area contributed by atoms with Crippen molar-refractivity contribution in [2.24, 2.45) is 0 Å². The zero-order valence-electron chi connectivity index (χ0n) is 15.9. The summed E-state index contributed by atoms with van der Waals surface area (Å²) >= 11 is 0. The molecular weight excluding hydrogens is 354 g/mol. The molecule has 6 nitrogen and oxygen atoms in total. The van der Waals surface area contributed by atoms with Crippen LogP contribution in [0.4, 0.5) is 11.4 Å². The number of carbonyl (C=O) groups is 1. The SMILES string of the molecule is CCOc1ccccc1Nc1ccnc(C(=O)NCc2ccccc2OC)c1. The fourth-order valence-corrected chi connectivity index (χ4v) is 2.75. The van der Waals surface area contributed by atoms with Crippen molar-refractivity contribution < 1.29 is 14.3 Å². The molecule has 2 aromatic carbocycles. The molecule has 0 atom stereocenters. The van der Waals surface area contributed by atoms with Gasteiger partial charge in [0.2, 0.25) is 0 Å².